The Bertz CT molecular complexity index is 1590. The number of ketones is 2. The smallest absolute Gasteiger partial charge is 0.417 e. The van der Waals surface area contributed by atoms with Crippen LogP contribution in [-0.4, -0.2) is 81.7 Å². The fraction of sp³-hybridized carbons (Fsp3) is 0.310. The number of aliphatic hydroxyl groups is 3. The van der Waals surface area contributed by atoms with Crippen LogP contribution in [0.15, 0.2) is 53.3 Å². The number of hydrogen-bond acceptors (Lipinski definition) is 11. The van der Waals surface area contributed by atoms with Crippen LogP contribution in [0.1, 0.15) is 17.5 Å². The van der Waals surface area contributed by atoms with Crippen LogP contribution >= 0.6 is 0 Å². The van der Waals surface area contributed by atoms with Crippen molar-refractivity contribution < 1.29 is 49.1 Å². The Balaban J connectivity index is 1.52. The summed E-state index contributed by atoms with van der Waals surface area (Å²) in [6, 6.07) is 7.96. The molecule has 7 N–H and O–H groups in total. The first-order valence-electron chi connectivity index (χ1n) is 12.9. The zero-order valence-electron chi connectivity index (χ0n) is 22.9. The summed E-state index contributed by atoms with van der Waals surface area (Å²) in [6.45, 7) is 0. The Morgan fingerprint density at radius 1 is 1.05 bits per heavy atom. The van der Waals surface area contributed by atoms with E-state index in [4.69, 9.17) is 15.2 Å². The third kappa shape index (κ3) is 4.25. The molecule has 0 aromatic heterocycles. The molecular weight excluding hydrogens is 550 g/mol. The van der Waals surface area contributed by atoms with Crippen molar-refractivity contribution in [2.24, 2.45) is 17.6 Å². The van der Waals surface area contributed by atoms with Gasteiger partial charge in [0, 0.05) is 11.5 Å². The van der Waals surface area contributed by atoms with Gasteiger partial charge in [-0.15, -0.1) is 0 Å². The number of aromatic hydroxyl groups is 1. The summed E-state index contributed by atoms with van der Waals surface area (Å²) in [5.41, 5.74) is 1.56. The number of ether oxygens (including phenoxy) is 2. The van der Waals surface area contributed by atoms with Gasteiger partial charge in [-0.2, -0.15) is 0 Å². The van der Waals surface area contributed by atoms with Crippen molar-refractivity contribution in [3.05, 3.63) is 64.4 Å². The molecule has 0 bridgehead atoms. The number of carbonyl (C=O) groups is 4. The van der Waals surface area contributed by atoms with E-state index in [9.17, 15) is 39.6 Å². The van der Waals surface area contributed by atoms with E-state index < -0.39 is 69.9 Å². The lowest BCUT2D eigenvalue weighted by Gasteiger charge is -2.50. The van der Waals surface area contributed by atoms with Crippen molar-refractivity contribution in [3.8, 4) is 17.2 Å². The Kier molecular flexibility index (Phi) is 6.95. The monoisotopic (exact) mass is 579 g/mol. The number of anilines is 1. The number of aliphatic hydroxyl groups excluding tert-OH is 2. The van der Waals surface area contributed by atoms with Crippen molar-refractivity contribution in [2.75, 3.05) is 26.5 Å². The minimum Gasteiger partial charge on any atom is -0.508 e. The molecule has 0 radical (unpaired) electrons. The number of likely N-dealkylation sites (N-methyl/N-ethyl adjacent to an activating group) is 1. The number of phenols is 1. The molecule has 2 aromatic rings. The highest BCUT2D eigenvalue weighted by molar-refractivity contribution is 6.24. The van der Waals surface area contributed by atoms with Gasteiger partial charge in [-0.3, -0.25) is 24.6 Å². The number of benzene rings is 2. The van der Waals surface area contributed by atoms with Crippen LogP contribution in [0.3, 0.4) is 0 Å². The van der Waals surface area contributed by atoms with Crippen LogP contribution in [0, 0.1) is 11.8 Å². The highest BCUT2D eigenvalue weighted by Crippen LogP contribution is 2.53. The molecule has 3 aliphatic rings. The van der Waals surface area contributed by atoms with Gasteiger partial charge in [0.15, 0.2) is 11.4 Å². The Hall–Kier alpha value is -4.88. The summed E-state index contributed by atoms with van der Waals surface area (Å²) in [5.74, 6) is -6.79. The number of hydrogen-bond donors (Lipinski definition) is 6. The molecular formula is C29H29N3O10. The molecule has 0 aliphatic heterocycles. The Morgan fingerprint density at radius 2 is 1.69 bits per heavy atom. The predicted octanol–water partition coefficient (Wildman–Crippen LogP) is 1.58. The molecule has 3 aliphatic carbocycles. The topological polar surface area (TPSA) is 209 Å². The van der Waals surface area contributed by atoms with Gasteiger partial charge in [0.1, 0.15) is 34.3 Å². The lowest BCUT2D eigenvalue weighted by Crippen LogP contribution is -2.65. The minimum absolute atomic E-state index is 0.0271. The number of nitrogens with two attached hydrogens (primary N) is 1. The molecule has 1 saturated carbocycles. The second kappa shape index (κ2) is 10.2. The van der Waals surface area contributed by atoms with Crippen LogP contribution in [0.2, 0.25) is 0 Å². The molecule has 1 fully saturated rings. The van der Waals surface area contributed by atoms with E-state index in [2.05, 4.69) is 5.32 Å². The molecule has 0 heterocycles. The summed E-state index contributed by atoms with van der Waals surface area (Å²) in [6.07, 6.45) is -0.850. The van der Waals surface area contributed by atoms with E-state index >= 15 is 0 Å². The van der Waals surface area contributed by atoms with E-state index in [1.54, 1.807) is 18.2 Å². The van der Waals surface area contributed by atoms with Crippen molar-refractivity contribution in [3.63, 3.8) is 0 Å². The van der Waals surface area contributed by atoms with E-state index in [1.807, 2.05) is 0 Å². The highest BCUT2D eigenvalue weighted by atomic mass is 16.6. The van der Waals surface area contributed by atoms with Crippen LogP contribution < -0.4 is 20.5 Å². The number of nitrogens with one attached hydrogen (secondary N) is 1. The van der Waals surface area contributed by atoms with E-state index in [1.165, 1.54) is 44.3 Å². The maximum absolute atomic E-state index is 13.9. The summed E-state index contributed by atoms with van der Waals surface area (Å²) < 4.78 is 10.3. The molecule has 4 atom stereocenters. The van der Waals surface area contributed by atoms with Crippen molar-refractivity contribution in [2.45, 2.75) is 24.5 Å². The molecule has 0 unspecified atom stereocenters. The first-order valence-corrected chi connectivity index (χ1v) is 12.9. The van der Waals surface area contributed by atoms with Gasteiger partial charge in [-0.05, 0) is 68.8 Å². The molecule has 5 rings (SSSR count). The zero-order chi connectivity index (χ0) is 30.7. The number of phenolic OH excluding ortho intramolecular Hbond substituents is 1. The number of methoxy groups -OCH3 is 1. The number of rotatable bonds is 5. The average Bonchev–Trinajstić information content (AvgIpc) is 2.92. The molecule has 13 nitrogen and oxygen atoms in total. The first kappa shape index (κ1) is 28.6. The predicted molar refractivity (Wildman–Crippen MR) is 147 cm³/mol. The number of nitrogens with zero attached hydrogens (tertiary/aromatic N) is 1. The molecule has 2 aromatic carbocycles. The standard InChI is InChI=1S/C29H29N3O10/c1-32(2)21-16-11-13-10-12-4-9-17(31-28(39)42-15-7-5-14(41-3)6-8-15)22(33)18(12)23(34)19(13)25(36)29(16,40)26(37)20(24(21)35)27(30)38/h4-9,13,16,21,33-34,37,40H,10-11H2,1-3H3,(H2,30,38)(H,31,39)/t13-,16-,21-,29-/m1/s1. The van der Waals surface area contributed by atoms with Crippen LogP contribution in [0.4, 0.5) is 10.5 Å². The number of amides is 2. The summed E-state index contributed by atoms with van der Waals surface area (Å²) in [4.78, 5) is 53.1. The van der Waals surface area contributed by atoms with Gasteiger partial charge in [-0.25, -0.2) is 4.79 Å². The number of Topliss-reactive ketones (excluding diaryl/α,β-unsaturated/α-hetero) is 2. The van der Waals surface area contributed by atoms with E-state index in [0.29, 0.717) is 11.3 Å². The summed E-state index contributed by atoms with van der Waals surface area (Å²) in [5, 5.41) is 47.3. The fourth-order valence-electron chi connectivity index (χ4n) is 6.21. The minimum atomic E-state index is -2.74. The van der Waals surface area contributed by atoms with Gasteiger partial charge in [0.25, 0.3) is 5.91 Å². The summed E-state index contributed by atoms with van der Waals surface area (Å²) in [7, 11) is 4.54. The second-order valence-corrected chi connectivity index (χ2v) is 10.6. The molecule has 220 valence electrons. The van der Waals surface area contributed by atoms with Crippen LogP contribution in [-0.2, 0) is 20.8 Å². The van der Waals surface area contributed by atoms with E-state index in [-0.39, 0.29) is 35.4 Å². The summed E-state index contributed by atoms with van der Waals surface area (Å²) >= 11 is 0. The van der Waals surface area contributed by atoms with E-state index in [0.717, 1.165) is 0 Å². The largest absolute Gasteiger partial charge is 0.508 e. The van der Waals surface area contributed by atoms with Crippen LogP contribution in [0.25, 0.3) is 5.76 Å². The average molecular weight is 580 g/mol. The lowest BCUT2D eigenvalue weighted by atomic mass is 9.57. The number of primary amides is 1. The van der Waals surface area contributed by atoms with Gasteiger partial charge in [0.05, 0.1) is 24.4 Å². The lowest BCUT2D eigenvalue weighted by molar-refractivity contribution is -0.153. The number of carbonyl (C=O) groups excluding carboxylic acids is 4. The van der Waals surface area contributed by atoms with Crippen LogP contribution in [0.5, 0.6) is 17.2 Å². The van der Waals surface area contributed by atoms with Crippen molar-refractivity contribution in [1.82, 2.24) is 4.90 Å². The molecule has 0 spiro atoms. The third-order valence-corrected chi connectivity index (χ3v) is 8.10. The molecule has 0 saturated heterocycles. The van der Waals surface area contributed by atoms with Crippen molar-refractivity contribution >= 4 is 35.0 Å². The molecule has 13 heteroatoms. The maximum Gasteiger partial charge on any atom is 0.417 e. The normalized spacial score (nSPS) is 25.0. The van der Waals surface area contributed by atoms with Crippen molar-refractivity contribution in [1.29, 1.82) is 0 Å². The molecule has 2 amide bonds. The number of fused-ring (bicyclic) bond motifs is 3. The first-order chi connectivity index (χ1) is 19.8. The quantitative estimate of drug-likeness (QED) is 0.221. The Labute approximate surface area is 239 Å². The zero-order valence-corrected chi connectivity index (χ0v) is 22.9. The maximum atomic E-state index is 13.9. The fourth-order valence-corrected chi connectivity index (χ4v) is 6.21. The van der Waals surface area contributed by atoms with Gasteiger partial charge in [0.2, 0.25) is 5.78 Å². The molecule has 42 heavy (non-hydrogen) atoms. The highest BCUT2D eigenvalue weighted by Gasteiger charge is 2.64. The second-order valence-electron chi connectivity index (χ2n) is 10.6. The SMILES string of the molecule is COc1ccc(OC(=O)Nc2ccc3c(c2O)C(O)=C2C(=O)[C@@]4(O)C(O)=C(C(N)=O)C(=O)[C@H](N(C)C)[C@H]4C[C@H]2C3)cc1. The van der Waals surface area contributed by atoms with Gasteiger partial charge >= 0.3 is 6.09 Å². The Morgan fingerprint density at radius 3 is 2.29 bits per heavy atom. The van der Waals surface area contributed by atoms with Gasteiger partial charge < -0.3 is 35.6 Å². The third-order valence-electron chi connectivity index (χ3n) is 8.10. The van der Waals surface area contributed by atoms with Gasteiger partial charge in [-0.1, -0.05) is 6.07 Å².